The van der Waals surface area contributed by atoms with Crippen LogP contribution in [0.1, 0.15) is 0 Å². The van der Waals surface area contributed by atoms with Crippen molar-refractivity contribution in [3.63, 3.8) is 0 Å². The number of hydrogen-bond acceptors (Lipinski definition) is 5. The van der Waals surface area contributed by atoms with Gasteiger partial charge in [0.2, 0.25) is 0 Å². The third kappa shape index (κ3) is 4.87. The zero-order valence-electron chi connectivity index (χ0n) is 30.4. The highest BCUT2D eigenvalue weighted by atomic mass is 16.3. The summed E-state index contributed by atoms with van der Waals surface area (Å²) in [4.78, 5) is 15.3. The monoisotopic (exact) mass is 730 g/mol. The van der Waals surface area contributed by atoms with Gasteiger partial charge in [-0.2, -0.15) is 0 Å². The van der Waals surface area contributed by atoms with Gasteiger partial charge >= 0.3 is 0 Å². The summed E-state index contributed by atoms with van der Waals surface area (Å²) in [7, 11) is 0. The maximum atomic E-state index is 6.83. The van der Waals surface area contributed by atoms with Crippen LogP contribution in [0.15, 0.2) is 191 Å². The number of benzene rings is 8. The second kappa shape index (κ2) is 12.3. The second-order valence-electron chi connectivity index (χ2n) is 14.3. The molecule has 8 aromatic carbocycles. The summed E-state index contributed by atoms with van der Waals surface area (Å²) in [5.74, 6) is 1.65. The Morgan fingerprint density at radius 3 is 1.70 bits per heavy atom. The minimum atomic E-state index is 0.531. The van der Waals surface area contributed by atoms with Gasteiger partial charge in [-0.1, -0.05) is 140 Å². The van der Waals surface area contributed by atoms with E-state index in [4.69, 9.17) is 23.8 Å². The molecule has 0 spiro atoms. The first-order valence-corrected chi connectivity index (χ1v) is 19.0. The largest absolute Gasteiger partial charge is 0.455 e. The minimum Gasteiger partial charge on any atom is -0.455 e. The third-order valence-corrected chi connectivity index (χ3v) is 11.1. The Morgan fingerprint density at radius 2 is 0.930 bits per heavy atom. The van der Waals surface area contributed by atoms with E-state index < -0.39 is 0 Å². The molecule has 0 aliphatic rings. The van der Waals surface area contributed by atoms with Crippen molar-refractivity contribution in [2.75, 3.05) is 0 Å². The Bertz CT molecular complexity index is 3470. The van der Waals surface area contributed by atoms with Crippen LogP contribution in [0.5, 0.6) is 0 Å². The lowest BCUT2D eigenvalue weighted by atomic mass is 9.99. The average molecular weight is 731 g/mol. The highest BCUT2D eigenvalue weighted by Crippen LogP contribution is 2.42. The van der Waals surface area contributed by atoms with Crippen molar-refractivity contribution in [2.45, 2.75) is 0 Å². The first kappa shape index (κ1) is 31.5. The zero-order valence-corrected chi connectivity index (χ0v) is 30.4. The molecule has 0 saturated heterocycles. The van der Waals surface area contributed by atoms with Crippen LogP contribution in [-0.4, -0.2) is 19.5 Å². The fourth-order valence-electron chi connectivity index (χ4n) is 8.50. The second-order valence-corrected chi connectivity index (χ2v) is 14.3. The van der Waals surface area contributed by atoms with Crippen molar-refractivity contribution in [1.82, 2.24) is 19.5 Å². The van der Waals surface area contributed by atoms with Gasteiger partial charge in [0.15, 0.2) is 23.1 Å². The molecule has 12 rings (SSSR count). The number of rotatable bonds is 5. The van der Waals surface area contributed by atoms with Gasteiger partial charge in [0, 0.05) is 43.4 Å². The molecule has 6 nitrogen and oxygen atoms in total. The van der Waals surface area contributed by atoms with Crippen LogP contribution in [0.3, 0.4) is 0 Å². The minimum absolute atomic E-state index is 0.531. The maximum Gasteiger partial charge on any atom is 0.167 e. The van der Waals surface area contributed by atoms with Crippen molar-refractivity contribution in [3.8, 4) is 51.0 Å². The molecule has 12 aromatic rings. The quantitative estimate of drug-likeness (QED) is 0.176. The molecule has 0 aliphatic heterocycles. The van der Waals surface area contributed by atoms with E-state index >= 15 is 0 Å². The van der Waals surface area contributed by atoms with Gasteiger partial charge in [-0.05, 0) is 53.6 Å². The molecule has 4 heterocycles. The molecular weight excluding hydrogens is 701 g/mol. The Morgan fingerprint density at radius 1 is 0.351 bits per heavy atom. The first-order valence-electron chi connectivity index (χ1n) is 19.0. The number of para-hydroxylation sites is 4. The summed E-state index contributed by atoms with van der Waals surface area (Å²) in [6.45, 7) is 0. The molecule has 0 radical (unpaired) electrons. The van der Waals surface area contributed by atoms with Crippen LogP contribution in [0.4, 0.5) is 0 Å². The normalized spacial score (nSPS) is 11.9. The van der Waals surface area contributed by atoms with E-state index in [0.29, 0.717) is 17.5 Å². The van der Waals surface area contributed by atoms with Crippen LogP contribution >= 0.6 is 0 Å². The molecule has 0 fully saturated rings. The van der Waals surface area contributed by atoms with E-state index in [1.54, 1.807) is 0 Å². The van der Waals surface area contributed by atoms with Crippen molar-refractivity contribution >= 4 is 65.7 Å². The lowest BCUT2D eigenvalue weighted by Gasteiger charge is -2.09. The van der Waals surface area contributed by atoms with Crippen molar-refractivity contribution in [1.29, 1.82) is 0 Å². The van der Waals surface area contributed by atoms with Crippen LogP contribution in [0, 0.1) is 0 Å². The number of furan rings is 2. The Kier molecular flexibility index (Phi) is 6.83. The third-order valence-electron chi connectivity index (χ3n) is 11.1. The van der Waals surface area contributed by atoms with E-state index in [9.17, 15) is 0 Å². The summed E-state index contributed by atoms with van der Waals surface area (Å²) in [5, 5.41) is 6.55. The Labute approximate surface area is 325 Å². The summed E-state index contributed by atoms with van der Waals surface area (Å²) in [6.07, 6.45) is 0. The Balaban J connectivity index is 1.05. The zero-order chi connectivity index (χ0) is 37.5. The molecule has 0 bridgehead atoms. The molecule has 4 aromatic heterocycles. The van der Waals surface area contributed by atoms with Crippen molar-refractivity contribution < 1.29 is 8.83 Å². The van der Waals surface area contributed by atoms with Gasteiger partial charge in [-0.3, -0.25) is 0 Å². The lowest BCUT2D eigenvalue weighted by molar-refractivity contribution is 0.666. The van der Waals surface area contributed by atoms with E-state index in [0.717, 1.165) is 88.4 Å². The highest BCUT2D eigenvalue weighted by Gasteiger charge is 2.21. The molecule has 0 atom stereocenters. The van der Waals surface area contributed by atoms with Crippen LogP contribution < -0.4 is 0 Å². The topological polar surface area (TPSA) is 69.9 Å². The molecule has 266 valence electrons. The number of hydrogen-bond donors (Lipinski definition) is 0. The lowest BCUT2D eigenvalue weighted by Crippen LogP contribution is -2.00. The predicted molar refractivity (Wildman–Crippen MR) is 230 cm³/mol. The summed E-state index contributed by atoms with van der Waals surface area (Å²) >= 11 is 0. The van der Waals surface area contributed by atoms with Crippen molar-refractivity contribution in [3.05, 3.63) is 182 Å². The standard InChI is InChI=1S/C51H30N4O2/c1-3-14-31(15-4-1)34-20-13-27-44-46(34)39-22-11-23-40(47(39)56-44)51-53-49(32-16-5-2-6-17-32)52-50(54-51)33-28-29-37-38-21-12-26-43(48(38)57-45(37)30-33)55-41-24-9-7-18-35(41)36-19-8-10-25-42(36)55/h1-30H. The van der Waals surface area contributed by atoms with E-state index in [1.807, 2.05) is 60.7 Å². The van der Waals surface area contributed by atoms with Gasteiger partial charge in [-0.25, -0.2) is 15.0 Å². The Hall–Kier alpha value is -7.83. The van der Waals surface area contributed by atoms with Crippen LogP contribution in [0.2, 0.25) is 0 Å². The number of nitrogens with zero attached hydrogens (tertiary/aromatic N) is 4. The molecular formula is C51H30N4O2. The molecule has 0 amide bonds. The first-order chi connectivity index (χ1) is 28.3. The van der Waals surface area contributed by atoms with Gasteiger partial charge in [0.05, 0.1) is 22.3 Å². The van der Waals surface area contributed by atoms with Crippen LogP contribution in [0.25, 0.3) is 117 Å². The van der Waals surface area contributed by atoms with E-state index in [2.05, 4.69) is 126 Å². The molecule has 57 heavy (non-hydrogen) atoms. The van der Waals surface area contributed by atoms with E-state index in [-0.39, 0.29) is 0 Å². The molecule has 0 N–H and O–H groups in total. The maximum absolute atomic E-state index is 6.83. The fraction of sp³-hybridized carbons (Fsp3) is 0. The van der Waals surface area contributed by atoms with Crippen LogP contribution in [-0.2, 0) is 0 Å². The smallest absolute Gasteiger partial charge is 0.167 e. The van der Waals surface area contributed by atoms with Gasteiger partial charge in [-0.15, -0.1) is 0 Å². The number of fused-ring (bicyclic) bond motifs is 9. The SMILES string of the molecule is c1ccc(-c2nc(-c3ccc4c(c3)oc3c(-n5c6ccccc6c6ccccc65)cccc34)nc(-c3cccc4c3oc3cccc(-c5ccccc5)c34)n2)cc1. The number of aromatic nitrogens is 4. The molecule has 0 saturated carbocycles. The average Bonchev–Trinajstić information content (AvgIpc) is 3.96. The highest BCUT2D eigenvalue weighted by molar-refractivity contribution is 6.15. The van der Waals surface area contributed by atoms with Gasteiger partial charge in [0.25, 0.3) is 0 Å². The van der Waals surface area contributed by atoms with Gasteiger partial charge in [0.1, 0.15) is 16.7 Å². The predicted octanol–water partition coefficient (Wildman–Crippen LogP) is 13.4. The van der Waals surface area contributed by atoms with Gasteiger partial charge < -0.3 is 13.4 Å². The molecule has 0 unspecified atom stereocenters. The fourth-order valence-corrected chi connectivity index (χ4v) is 8.50. The van der Waals surface area contributed by atoms with Crippen molar-refractivity contribution in [2.24, 2.45) is 0 Å². The summed E-state index contributed by atoms with van der Waals surface area (Å²) < 4.78 is 15.8. The summed E-state index contributed by atoms with van der Waals surface area (Å²) in [5.41, 5.74) is 11.1. The molecule has 6 heteroatoms. The molecule has 0 aliphatic carbocycles. The summed E-state index contributed by atoms with van der Waals surface area (Å²) in [6, 6.07) is 62.6. The van der Waals surface area contributed by atoms with E-state index in [1.165, 1.54) is 10.8 Å².